The van der Waals surface area contributed by atoms with Crippen LogP contribution in [-0.2, 0) is 19.2 Å². The summed E-state index contributed by atoms with van der Waals surface area (Å²) in [5.41, 5.74) is 7.16. The van der Waals surface area contributed by atoms with Gasteiger partial charge in [-0.1, -0.05) is 6.92 Å². The number of carboxylic acids is 1. The molecule has 2 aliphatic rings. The van der Waals surface area contributed by atoms with Gasteiger partial charge >= 0.3 is 12.1 Å². The van der Waals surface area contributed by atoms with Gasteiger partial charge in [0.15, 0.2) is 18.2 Å². The number of carbonyl (C=O) groups is 3. The van der Waals surface area contributed by atoms with Crippen LogP contribution >= 0.6 is 0 Å². The first kappa shape index (κ1) is 23.9. The minimum Gasteiger partial charge on any atom is -0.480 e. The summed E-state index contributed by atoms with van der Waals surface area (Å²) in [5, 5.41) is 17.0. The number of fused-ring (bicyclic) bond motifs is 1. The molecule has 13 nitrogen and oxygen atoms in total. The van der Waals surface area contributed by atoms with Crippen molar-refractivity contribution in [2.24, 2.45) is 20.7 Å². The Hall–Kier alpha value is -4.38. The lowest BCUT2D eigenvalue weighted by molar-refractivity contribution is -0.191. The van der Waals surface area contributed by atoms with Crippen molar-refractivity contribution in [1.29, 1.82) is 0 Å². The van der Waals surface area contributed by atoms with Crippen LogP contribution in [0.25, 0.3) is 0 Å². The third kappa shape index (κ3) is 6.31. The Kier molecular flexibility index (Phi) is 8.31. The van der Waals surface area contributed by atoms with Gasteiger partial charge in [0.2, 0.25) is 0 Å². The Morgan fingerprint density at radius 1 is 1.25 bits per heavy atom. The summed E-state index contributed by atoms with van der Waals surface area (Å²) in [7, 11) is 0. The van der Waals surface area contributed by atoms with Crippen LogP contribution in [0.4, 0.5) is 5.69 Å². The van der Waals surface area contributed by atoms with Gasteiger partial charge in [-0.15, -0.1) is 0 Å². The topological polar surface area (TPSA) is 205 Å². The van der Waals surface area contributed by atoms with Gasteiger partial charge in [0.25, 0.3) is 11.8 Å². The summed E-state index contributed by atoms with van der Waals surface area (Å²) in [6, 6.07) is 4.90. The summed E-state index contributed by atoms with van der Waals surface area (Å²) in [6.07, 6.45) is 1.45. The number of hydrogen-bond donors (Lipinski definition) is 5. The molecule has 0 fully saturated rings. The molecule has 2 heterocycles. The van der Waals surface area contributed by atoms with E-state index in [1.807, 2.05) is 0 Å². The van der Waals surface area contributed by atoms with Gasteiger partial charge in [0, 0.05) is 17.5 Å². The van der Waals surface area contributed by atoms with E-state index in [-0.39, 0.29) is 18.0 Å². The monoisotopic (exact) mass is 443 g/mol. The van der Waals surface area contributed by atoms with Crippen molar-refractivity contribution in [2.75, 3.05) is 11.9 Å². The van der Waals surface area contributed by atoms with Crippen molar-refractivity contribution in [3.63, 3.8) is 0 Å². The molecule has 0 spiro atoms. The molecule has 0 radical (unpaired) electrons. The molecule has 13 heteroatoms. The maximum atomic E-state index is 12.1. The van der Waals surface area contributed by atoms with Crippen molar-refractivity contribution < 1.29 is 29.1 Å². The fraction of sp³-hybridized carbons (Fsp3) is 0.316. The lowest BCUT2D eigenvalue weighted by atomic mass is 10.1. The van der Waals surface area contributed by atoms with Crippen LogP contribution in [-0.4, -0.2) is 71.7 Å². The molecule has 3 rings (SSSR count). The van der Waals surface area contributed by atoms with E-state index in [1.54, 1.807) is 37.4 Å². The standard InChI is InChI=1S/C18H21N7O4.CO2/c1-2-12(17(28)29)23-15(26)9-3-5-10(6-4-9)20-7-11-8-21-14-13(22-11)16(27)25-18(19)24-14;2-1-3/h3-6,8,12-14,20H,2,7H2,1H3,(H,23,26)(H,28,29)(H3,19,24,25,27);/t12-,13?,14?;/m0./s1. The van der Waals surface area contributed by atoms with Crippen LogP contribution in [0.15, 0.2) is 39.2 Å². The number of amides is 2. The van der Waals surface area contributed by atoms with Gasteiger partial charge < -0.3 is 21.5 Å². The summed E-state index contributed by atoms with van der Waals surface area (Å²) in [4.78, 5) is 64.0. The largest absolute Gasteiger partial charge is 0.480 e. The Labute approximate surface area is 181 Å². The van der Waals surface area contributed by atoms with Crippen molar-refractivity contribution in [1.82, 2.24) is 10.6 Å². The Morgan fingerprint density at radius 2 is 1.91 bits per heavy atom. The zero-order valence-corrected chi connectivity index (χ0v) is 16.9. The fourth-order valence-corrected chi connectivity index (χ4v) is 2.80. The third-order valence-electron chi connectivity index (χ3n) is 4.39. The number of nitrogens with zero attached hydrogens (tertiary/aromatic N) is 3. The van der Waals surface area contributed by atoms with E-state index in [0.29, 0.717) is 24.2 Å². The van der Waals surface area contributed by atoms with Gasteiger partial charge in [0.1, 0.15) is 6.04 Å². The number of nitrogens with two attached hydrogens (primary N) is 1. The summed E-state index contributed by atoms with van der Waals surface area (Å²) >= 11 is 0. The second-order valence-corrected chi connectivity index (χ2v) is 6.55. The SMILES string of the molecule is CC[C@H](NC(=O)c1ccc(NCC2=NC3C(=O)NC(N)=NC3N=C2)cc1)C(=O)O.O=C=O. The Balaban J connectivity index is 0.00000114. The summed E-state index contributed by atoms with van der Waals surface area (Å²) in [5.74, 6) is -1.85. The molecule has 1 aromatic carbocycles. The highest BCUT2D eigenvalue weighted by atomic mass is 16.4. The number of aliphatic carboxylic acids is 1. The first-order valence-corrected chi connectivity index (χ1v) is 9.39. The highest BCUT2D eigenvalue weighted by molar-refractivity contribution is 6.33. The summed E-state index contributed by atoms with van der Waals surface area (Å²) in [6.45, 7) is 2.01. The summed E-state index contributed by atoms with van der Waals surface area (Å²) < 4.78 is 0. The van der Waals surface area contributed by atoms with Gasteiger partial charge in [0.05, 0.1) is 12.3 Å². The highest BCUT2D eigenvalue weighted by Gasteiger charge is 2.33. The van der Waals surface area contributed by atoms with Crippen molar-refractivity contribution in [3.05, 3.63) is 29.8 Å². The lowest BCUT2D eigenvalue weighted by Crippen LogP contribution is -2.52. The molecule has 0 aliphatic carbocycles. The van der Waals surface area contributed by atoms with E-state index in [4.69, 9.17) is 20.4 Å². The van der Waals surface area contributed by atoms with E-state index in [2.05, 4.69) is 30.9 Å². The van der Waals surface area contributed by atoms with Crippen LogP contribution in [0.2, 0.25) is 0 Å². The molecule has 0 aromatic heterocycles. The first-order valence-electron chi connectivity index (χ1n) is 9.39. The number of rotatable bonds is 7. The van der Waals surface area contributed by atoms with Crippen molar-refractivity contribution in [3.8, 4) is 0 Å². The number of guanidine groups is 1. The van der Waals surface area contributed by atoms with Gasteiger partial charge in [-0.3, -0.25) is 24.9 Å². The molecule has 0 bridgehead atoms. The minimum absolute atomic E-state index is 0.0305. The normalized spacial score (nSPS) is 19.5. The van der Waals surface area contributed by atoms with Crippen LogP contribution in [0.3, 0.4) is 0 Å². The number of carboxylic acid groups (broad SMARTS) is 1. The molecule has 0 saturated carbocycles. The van der Waals surface area contributed by atoms with Crippen LogP contribution in [0.1, 0.15) is 23.7 Å². The molecule has 2 aliphatic heterocycles. The number of aliphatic imine (C=N–C) groups is 3. The predicted molar refractivity (Wildman–Crippen MR) is 112 cm³/mol. The lowest BCUT2D eigenvalue weighted by Gasteiger charge is -2.25. The number of benzene rings is 1. The van der Waals surface area contributed by atoms with Crippen LogP contribution < -0.4 is 21.7 Å². The van der Waals surface area contributed by atoms with Crippen LogP contribution in [0.5, 0.6) is 0 Å². The maximum Gasteiger partial charge on any atom is 0.373 e. The Bertz CT molecular complexity index is 996. The van der Waals surface area contributed by atoms with Gasteiger partial charge in [-0.05, 0) is 30.7 Å². The number of carbonyl (C=O) groups excluding carboxylic acids is 4. The molecule has 2 unspecified atom stereocenters. The molecular formula is C19H21N7O6. The van der Waals surface area contributed by atoms with Crippen LogP contribution in [0, 0.1) is 0 Å². The minimum atomic E-state index is -1.07. The van der Waals surface area contributed by atoms with E-state index in [0.717, 1.165) is 5.69 Å². The molecule has 2 amide bonds. The number of hydrogen-bond acceptors (Lipinski definition) is 10. The molecular weight excluding hydrogens is 422 g/mol. The molecule has 32 heavy (non-hydrogen) atoms. The third-order valence-corrected chi connectivity index (χ3v) is 4.39. The smallest absolute Gasteiger partial charge is 0.373 e. The van der Waals surface area contributed by atoms with E-state index < -0.39 is 30.1 Å². The molecule has 3 atom stereocenters. The average molecular weight is 443 g/mol. The maximum absolute atomic E-state index is 12.1. The zero-order chi connectivity index (χ0) is 23.7. The van der Waals surface area contributed by atoms with E-state index in [1.165, 1.54) is 0 Å². The number of nitrogens with one attached hydrogen (secondary N) is 3. The second-order valence-electron chi connectivity index (χ2n) is 6.55. The van der Waals surface area contributed by atoms with E-state index >= 15 is 0 Å². The fourth-order valence-electron chi connectivity index (χ4n) is 2.80. The molecule has 168 valence electrons. The van der Waals surface area contributed by atoms with Gasteiger partial charge in [-0.2, -0.15) is 9.59 Å². The molecule has 1 aromatic rings. The average Bonchev–Trinajstić information content (AvgIpc) is 2.76. The predicted octanol–water partition coefficient (Wildman–Crippen LogP) is -1.23. The number of anilines is 1. The zero-order valence-electron chi connectivity index (χ0n) is 16.9. The Morgan fingerprint density at radius 3 is 2.50 bits per heavy atom. The first-order chi connectivity index (χ1) is 15.3. The molecule has 0 saturated heterocycles. The van der Waals surface area contributed by atoms with Crippen molar-refractivity contribution >= 4 is 47.5 Å². The quantitative estimate of drug-likeness (QED) is 0.344. The van der Waals surface area contributed by atoms with Gasteiger partial charge in [-0.25, -0.2) is 9.79 Å². The van der Waals surface area contributed by atoms with E-state index in [9.17, 15) is 14.4 Å². The van der Waals surface area contributed by atoms with Crippen molar-refractivity contribution in [2.45, 2.75) is 31.6 Å². The highest BCUT2D eigenvalue weighted by Crippen LogP contribution is 2.14. The molecule has 6 N–H and O–H groups in total. The second kappa shape index (κ2) is 11.1.